The molecule has 0 unspecified atom stereocenters. The first-order chi connectivity index (χ1) is 34.1. The highest BCUT2D eigenvalue weighted by atomic mass is 16.7. The first-order valence-electron chi connectivity index (χ1n) is 23.9. The third-order valence-corrected chi connectivity index (χ3v) is 15.0. The smallest absolute Gasteiger partial charge is 0.408 e. The second-order valence-corrected chi connectivity index (χ2v) is 21.0. The van der Waals surface area contributed by atoms with Crippen LogP contribution in [0.3, 0.4) is 0 Å². The van der Waals surface area contributed by atoms with Gasteiger partial charge in [0.15, 0.2) is 29.9 Å². The molecule has 16 atom stereocenters. The van der Waals surface area contributed by atoms with Crippen LogP contribution in [0.15, 0.2) is 71.8 Å². The molecule has 1 amide bonds. The van der Waals surface area contributed by atoms with Crippen LogP contribution < -0.4 is 5.32 Å². The van der Waals surface area contributed by atoms with Crippen LogP contribution in [-0.2, 0) is 57.1 Å². The highest BCUT2D eigenvalue weighted by Gasteiger charge is 2.78. The second-order valence-electron chi connectivity index (χ2n) is 21.0. The zero-order valence-electron chi connectivity index (χ0n) is 41.7. The number of rotatable bonds is 13. The quantitative estimate of drug-likeness (QED) is 0.0775. The van der Waals surface area contributed by atoms with Gasteiger partial charge in [-0.2, -0.15) is 0 Å². The molecule has 2 aromatic rings. The predicted octanol–water partition coefficient (Wildman–Crippen LogP) is 0.627. The van der Waals surface area contributed by atoms with E-state index in [-0.39, 0.29) is 28.7 Å². The normalized spacial score (nSPS) is 35.5. The summed E-state index contributed by atoms with van der Waals surface area (Å²) in [5.41, 5.74) is -9.64. The number of Topliss-reactive ketones (excluding diaryl/α,β-unsaturated/α-hetero) is 1. The lowest BCUT2D eigenvalue weighted by molar-refractivity contribution is -0.346. The zero-order chi connectivity index (χ0) is 53.7. The summed E-state index contributed by atoms with van der Waals surface area (Å²) in [7, 11) is 0. The molecule has 2 saturated heterocycles. The van der Waals surface area contributed by atoms with E-state index in [1.165, 1.54) is 52.0 Å². The van der Waals surface area contributed by atoms with Gasteiger partial charge in [0.1, 0.15) is 60.5 Å². The van der Waals surface area contributed by atoms with Gasteiger partial charge in [-0.3, -0.25) is 9.59 Å². The molecule has 7 rings (SSSR count). The number of ketones is 1. The van der Waals surface area contributed by atoms with E-state index in [1.807, 2.05) is 0 Å². The molecule has 22 heteroatoms. The number of benzene rings is 2. The van der Waals surface area contributed by atoms with Crippen LogP contribution in [0.25, 0.3) is 0 Å². The summed E-state index contributed by atoms with van der Waals surface area (Å²) in [6.07, 6.45) is -21.8. The highest BCUT2D eigenvalue weighted by molar-refractivity contribution is 5.96. The molecular weight excluding hydrogens is 963 g/mol. The third kappa shape index (κ3) is 10.1. The maximum absolute atomic E-state index is 16.0. The molecule has 2 aromatic carbocycles. The Bertz CT molecular complexity index is 2440. The van der Waals surface area contributed by atoms with Crippen LogP contribution in [0.5, 0.6) is 0 Å². The number of carbonyl (C=O) groups excluding carboxylic acids is 6. The molecule has 0 aromatic heterocycles. The predicted molar refractivity (Wildman–Crippen MR) is 247 cm³/mol. The Morgan fingerprint density at radius 3 is 2.10 bits per heavy atom. The number of carbonyl (C=O) groups is 6. The summed E-state index contributed by atoms with van der Waals surface area (Å²) in [4.78, 5) is 85.4. The van der Waals surface area contributed by atoms with Gasteiger partial charge in [-0.25, -0.2) is 19.2 Å². The van der Waals surface area contributed by atoms with E-state index >= 15 is 4.79 Å². The van der Waals surface area contributed by atoms with Gasteiger partial charge < -0.3 is 79.0 Å². The minimum absolute atomic E-state index is 0.00683. The first-order valence-corrected chi connectivity index (χ1v) is 23.9. The zero-order valence-corrected chi connectivity index (χ0v) is 41.7. The lowest BCUT2D eigenvalue weighted by Crippen LogP contribution is -2.82. The lowest BCUT2D eigenvalue weighted by Gasteiger charge is -2.67. The molecule has 2 saturated carbocycles. The number of hydrogen-bond acceptors (Lipinski definition) is 21. The van der Waals surface area contributed by atoms with Crippen molar-refractivity contribution in [2.24, 2.45) is 16.7 Å². The van der Waals surface area contributed by atoms with E-state index in [0.717, 1.165) is 6.92 Å². The monoisotopic (exact) mass is 1030 g/mol. The fraction of sp³-hybridized carbons (Fsp3) is 0.608. The number of esters is 4. The number of ether oxygens (including phenoxy) is 8. The summed E-state index contributed by atoms with van der Waals surface area (Å²) in [6, 6.07) is 14.0. The Balaban J connectivity index is 1.38. The average Bonchev–Trinajstić information content (AvgIpc) is 3.32. The fourth-order valence-corrected chi connectivity index (χ4v) is 11.2. The van der Waals surface area contributed by atoms with Gasteiger partial charge in [0.05, 0.1) is 42.3 Å². The van der Waals surface area contributed by atoms with Gasteiger partial charge in [-0.1, -0.05) is 62.4 Å². The minimum atomic E-state index is -2.58. The van der Waals surface area contributed by atoms with E-state index in [4.69, 9.17) is 37.9 Å². The summed E-state index contributed by atoms with van der Waals surface area (Å²) in [6.45, 7) is 9.15. The van der Waals surface area contributed by atoms with Gasteiger partial charge >= 0.3 is 30.0 Å². The van der Waals surface area contributed by atoms with Crippen molar-refractivity contribution in [3.05, 3.63) is 82.9 Å². The van der Waals surface area contributed by atoms with Crippen molar-refractivity contribution in [3.63, 3.8) is 0 Å². The summed E-state index contributed by atoms with van der Waals surface area (Å²) in [5.74, 6) is -7.39. The van der Waals surface area contributed by atoms with E-state index in [2.05, 4.69) is 5.32 Å². The fourth-order valence-electron chi connectivity index (χ4n) is 11.2. The molecule has 2 aliphatic heterocycles. The van der Waals surface area contributed by atoms with E-state index in [1.54, 1.807) is 57.2 Å². The van der Waals surface area contributed by atoms with Gasteiger partial charge in [0.2, 0.25) is 0 Å². The van der Waals surface area contributed by atoms with Crippen molar-refractivity contribution in [2.75, 3.05) is 19.8 Å². The maximum Gasteiger partial charge on any atom is 0.408 e. The number of fused-ring (bicyclic) bond motifs is 5. The molecule has 5 aliphatic rings. The van der Waals surface area contributed by atoms with Gasteiger partial charge in [-0.15, -0.1) is 0 Å². The Hall–Kier alpha value is -5.40. The molecule has 22 nitrogen and oxygen atoms in total. The van der Waals surface area contributed by atoms with Crippen LogP contribution in [0.4, 0.5) is 4.79 Å². The van der Waals surface area contributed by atoms with Crippen molar-refractivity contribution in [1.82, 2.24) is 5.32 Å². The molecule has 4 fully saturated rings. The largest absolute Gasteiger partial charge is 0.456 e. The van der Waals surface area contributed by atoms with Crippen molar-refractivity contribution in [3.8, 4) is 0 Å². The molecule has 8 N–H and O–H groups in total. The topological polar surface area (TPSA) is 330 Å². The number of aliphatic hydroxyl groups is 7. The van der Waals surface area contributed by atoms with Crippen molar-refractivity contribution >= 4 is 35.8 Å². The SMILES string of the molecule is CC(=O)O[C@@]12CO[C@@H]1C[C@H](O)[C@@]1(C)C(=O)[C@H](OC(=O)CO[C@H]3O[C@H](CO)[C@@H](O)[C@H](O)[C@@H]3O)C3=C(C)[C@@H](OC(=O)[C@H](O)[C@@H](NC(=O)OC(C)(C)C)c4ccccc4)C[C@@](O)([C@@H](OC(=O)c4ccccc4)[C@H]21)C3(C)C. The molecule has 2 heterocycles. The molecule has 0 radical (unpaired) electrons. The third-order valence-electron chi connectivity index (χ3n) is 15.0. The van der Waals surface area contributed by atoms with Crippen molar-refractivity contribution < 1.29 is 102 Å². The Morgan fingerprint density at radius 2 is 1.52 bits per heavy atom. The number of aliphatic hydroxyl groups excluding tert-OH is 6. The molecule has 2 bridgehead atoms. The van der Waals surface area contributed by atoms with Crippen LogP contribution >= 0.6 is 0 Å². The average molecular weight is 1030 g/mol. The Labute approximate surface area is 420 Å². The number of amides is 1. The van der Waals surface area contributed by atoms with Crippen LogP contribution in [0.2, 0.25) is 0 Å². The summed E-state index contributed by atoms with van der Waals surface area (Å²) in [5, 5.41) is 81.6. The Morgan fingerprint density at radius 1 is 0.890 bits per heavy atom. The molecule has 400 valence electrons. The Kier molecular flexibility index (Phi) is 15.7. The number of nitrogens with one attached hydrogen (secondary N) is 1. The van der Waals surface area contributed by atoms with Gasteiger partial charge in [0, 0.05) is 25.2 Å². The highest BCUT2D eigenvalue weighted by Crippen LogP contribution is 2.64. The lowest BCUT2D eigenvalue weighted by atomic mass is 9.44. The van der Waals surface area contributed by atoms with E-state index in [9.17, 15) is 59.7 Å². The number of alkyl carbamates (subject to hydrolysis) is 1. The summed E-state index contributed by atoms with van der Waals surface area (Å²) < 4.78 is 46.8. The molecule has 3 aliphatic carbocycles. The standard InChI is InChI=1S/C51H65NO21/c1-24-28(68-44(63)36(58)34(26-15-11-9-12-16-26)52-46(64)73-47(3,4)5)20-51(65)42(71-43(62)27-17-13-10-14-18-27)40-49(8,30(55)19-31-50(40,23-67-31)72-25(2)54)41(61)39(33(24)48(51,6)7)70-32(56)22-66-45-38(60)37(59)35(57)29(21-53)69-45/h9-18,28-31,34-40,42,45,53,55,57-60,65H,19-23H2,1-8H3,(H,52,64)/t28-,29+,30-,31+,34-,35+,36+,37-,38-,39+,40-,42-,45-,49+,50-,51+/m0/s1. The maximum atomic E-state index is 16.0. The van der Waals surface area contributed by atoms with Crippen molar-refractivity contribution in [1.29, 1.82) is 0 Å². The van der Waals surface area contributed by atoms with Crippen LogP contribution in [-0.4, -0.2) is 175 Å². The minimum Gasteiger partial charge on any atom is -0.456 e. The number of hydrogen-bond donors (Lipinski definition) is 8. The van der Waals surface area contributed by atoms with Gasteiger partial charge in [-0.05, 0) is 63.5 Å². The molecule has 0 spiro atoms. The summed E-state index contributed by atoms with van der Waals surface area (Å²) >= 11 is 0. The van der Waals surface area contributed by atoms with E-state index < -0.39 is 169 Å². The molecular formula is C51H65NO21. The van der Waals surface area contributed by atoms with Gasteiger partial charge in [0.25, 0.3) is 0 Å². The van der Waals surface area contributed by atoms with E-state index in [0.29, 0.717) is 0 Å². The second kappa shape index (κ2) is 20.7. The first kappa shape index (κ1) is 55.4. The molecule has 73 heavy (non-hydrogen) atoms. The van der Waals surface area contributed by atoms with Crippen LogP contribution in [0, 0.1) is 16.7 Å². The van der Waals surface area contributed by atoms with Crippen molar-refractivity contribution in [2.45, 2.75) is 158 Å². The van der Waals surface area contributed by atoms with Crippen LogP contribution in [0.1, 0.15) is 90.2 Å².